The molecule has 3 aliphatic carbocycles. The van der Waals surface area contributed by atoms with Crippen LogP contribution in [0.3, 0.4) is 0 Å². The Morgan fingerprint density at radius 2 is 1.54 bits per heavy atom. The van der Waals surface area contributed by atoms with Crippen LogP contribution in [0.5, 0.6) is 0 Å². The van der Waals surface area contributed by atoms with Crippen molar-refractivity contribution in [1.29, 1.82) is 0 Å². The third-order valence-electron chi connectivity index (χ3n) is 8.67. The van der Waals surface area contributed by atoms with Gasteiger partial charge in [0, 0.05) is 0 Å². The number of hydrogen-bond acceptors (Lipinski definition) is 2. The van der Waals surface area contributed by atoms with Gasteiger partial charge in [0.2, 0.25) is 0 Å². The lowest BCUT2D eigenvalue weighted by Gasteiger charge is -2.41. The molecule has 0 radical (unpaired) electrons. The van der Waals surface area contributed by atoms with Crippen LogP contribution in [0.15, 0.2) is 0 Å². The summed E-state index contributed by atoms with van der Waals surface area (Å²) >= 11 is 0. The molecular weight excluding hydrogens is 344 g/mol. The van der Waals surface area contributed by atoms with Gasteiger partial charge in [0.05, 0.1) is 5.92 Å². The molecule has 162 valence electrons. The number of carbonyl (C=O) groups is 1. The highest BCUT2D eigenvalue weighted by Crippen LogP contribution is 2.45. The number of hydrogen-bond donors (Lipinski definition) is 0. The zero-order valence-electron chi connectivity index (χ0n) is 19.0. The van der Waals surface area contributed by atoms with Crippen LogP contribution in [0.25, 0.3) is 0 Å². The molecule has 28 heavy (non-hydrogen) atoms. The minimum atomic E-state index is 0.137. The van der Waals surface area contributed by atoms with Gasteiger partial charge < -0.3 is 4.74 Å². The molecule has 0 amide bonds. The fourth-order valence-electron chi connectivity index (χ4n) is 6.68. The minimum absolute atomic E-state index is 0.137. The monoisotopic (exact) mass is 390 g/mol. The Kier molecular flexibility index (Phi) is 8.72. The highest BCUT2D eigenvalue weighted by atomic mass is 16.5. The molecule has 0 N–H and O–H groups in total. The van der Waals surface area contributed by atoms with E-state index in [1.807, 2.05) is 0 Å². The number of ether oxygens (including phenoxy) is 1. The second-order valence-corrected chi connectivity index (χ2v) is 10.6. The van der Waals surface area contributed by atoms with E-state index in [2.05, 4.69) is 20.8 Å². The molecule has 0 spiro atoms. The first kappa shape index (κ1) is 22.2. The molecule has 3 saturated carbocycles. The van der Waals surface area contributed by atoms with Crippen molar-refractivity contribution < 1.29 is 9.53 Å². The van der Waals surface area contributed by atoms with Crippen molar-refractivity contribution in [2.45, 2.75) is 123 Å². The van der Waals surface area contributed by atoms with Crippen molar-refractivity contribution in [2.75, 3.05) is 0 Å². The minimum Gasteiger partial charge on any atom is -0.462 e. The summed E-state index contributed by atoms with van der Waals surface area (Å²) < 4.78 is 5.98. The van der Waals surface area contributed by atoms with E-state index in [0.717, 1.165) is 55.3 Å². The molecule has 3 atom stereocenters. The van der Waals surface area contributed by atoms with E-state index in [0.29, 0.717) is 0 Å². The van der Waals surface area contributed by atoms with Crippen LogP contribution < -0.4 is 0 Å². The molecule has 0 bridgehead atoms. The van der Waals surface area contributed by atoms with E-state index in [4.69, 9.17) is 4.74 Å². The van der Waals surface area contributed by atoms with Crippen molar-refractivity contribution in [3.63, 3.8) is 0 Å². The van der Waals surface area contributed by atoms with Gasteiger partial charge in [-0.1, -0.05) is 52.9 Å². The van der Waals surface area contributed by atoms with Gasteiger partial charge in [0.1, 0.15) is 6.10 Å². The molecule has 3 aliphatic rings. The summed E-state index contributed by atoms with van der Waals surface area (Å²) in [5.74, 6) is 4.85. The fourth-order valence-corrected chi connectivity index (χ4v) is 6.68. The fraction of sp³-hybridized carbons (Fsp3) is 0.962. The zero-order chi connectivity index (χ0) is 19.9. The Bertz CT molecular complexity index is 457. The number of carbonyl (C=O) groups excluding carboxylic acids is 1. The second kappa shape index (κ2) is 11.0. The summed E-state index contributed by atoms with van der Waals surface area (Å²) in [7, 11) is 0. The lowest BCUT2D eigenvalue weighted by Crippen LogP contribution is -2.34. The van der Waals surface area contributed by atoms with Crippen LogP contribution in [0.4, 0.5) is 0 Å². The third kappa shape index (κ3) is 5.99. The summed E-state index contributed by atoms with van der Waals surface area (Å²) in [6, 6.07) is 0. The van der Waals surface area contributed by atoms with E-state index >= 15 is 0 Å². The van der Waals surface area contributed by atoms with Crippen molar-refractivity contribution in [3.8, 4) is 0 Å². The lowest BCUT2D eigenvalue weighted by atomic mass is 9.64. The number of unbranched alkanes of at least 4 members (excludes halogenated alkanes) is 1. The first-order valence-corrected chi connectivity index (χ1v) is 12.8. The second-order valence-electron chi connectivity index (χ2n) is 10.6. The first-order valence-electron chi connectivity index (χ1n) is 12.8. The Balaban J connectivity index is 1.36. The molecule has 3 fully saturated rings. The predicted molar refractivity (Wildman–Crippen MR) is 117 cm³/mol. The zero-order valence-corrected chi connectivity index (χ0v) is 19.0. The van der Waals surface area contributed by atoms with E-state index in [1.165, 1.54) is 70.6 Å². The summed E-state index contributed by atoms with van der Waals surface area (Å²) in [4.78, 5) is 12.7. The van der Waals surface area contributed by atoms with Gasteiger partial charge in [-0.2, -0.15) is 0 Å². The summed E-state index contributed by atoms with van der Waals surface area (Å²) in [6.45, 7) is 7.12. The lowest BCUT2D eigenvalue weighted by molar-refractivity contribution is -0.157. The van der Waals surface area contributed by atoms with E-state index < -0.39 is 0 Å². The highest BCUT2D eigenvalue weighted by Gasteiger charge is 2.37. The molecule has 0 saturated heterocycles. The van der Waals surface area contributed by atoms with E-state index in [-0.39, 0.29) is 18.0 Å². The molecular formula is C26H46O2. The smallest absolute Gasteiger partial charge is 0.309 e. The molecule has 0 aromatic carbocycles. The van der Waals surface area contributed by atoms with E-state index in [1.54, 1.807) is 0 Å². The summed E-state index contributed by atoms with van der Waals surface area (Å²) in [6.07, 6.45) is 19.3. The normalized spacial score (nSPS) is 39.5. The highest BCUT2D eigenvalue weighted by molar-refractivity contribution is 5.72. The summed E-state index contributed by atoms with van der Waals surface area (Å²) in [5.41, 5.74) is 0. The van der Waals surface area contributed by atoms with Gasteiger partial charge in [-0.15, -0.1) is 0 Å². The molecule has 3 rings (SSSR count). The van der Waals surface area contributed by atoms with Crippen molar-refractivity contribution >= 4 is 5.97 Å². The SMILES string of the molecule is CCCCC1CCC(OC(=O)[C@H]2CC[C@H]([C@@H]3CC[C@H](CC)C[C@H]3C)CC2)CC1. The van der Waals surface area contributed by atoms with Gasteiger partial charge in [-0.3, -0.25) is 4.79 Å². The average Bonchev–Trinajstić information content (AvgIpc) is 2.73. The Hall–Kier alpha value is -0.530. The third-order valence-corrected chi connectivity index (χ3v) is 8.67. The molecule has 0 aromatic heterocycles. The van der Waals surface area contributed by atoms with Crippen molar-refractivity contribution in [3.05, 3.63) is 0 Å². The van der Waals surface area contributed by atoms with Crippen LogP contribution in [-0.4, -0.2) is 12.1 Å². The van der Waals surface area contributed by atoms with Crippen LogP contribution >= 0.6 is 0 Å². The van der Waals surface area contributed by atoms with Crippen molar-refractivity contribution in [1.82, 2.24) is 0 Å². The molecule has 0 aliphatic heterocycles. The number of esters is 1. The molecule has 2 nitrogen and oxygen atoms in total. The van der Waals surface area contributed by atoms with E-state index in [9.17, 15) is 4.79 Å². The van der Waals surface area contributed by atoms with Gasteiger partial charge in [-0.25, -0.2) is 0 Å². The maximum Gasteiger partial charge on any atom is 0.309 e. The van der Waals surface area contributed by atoms with Crippen LogP contribution in [0, 0.1) is 35.5 Å². The maximum absolute atomic E-state index is 12.7. The Labute approximate surface area is 174 Å². The quantitative estimate of drug-likeness (QED) is 0.419. The standard InChI is InChI=1S/C26H46O2/c1-4-6-7-21-8-15-24(16-9-21)28-26(27)23-13-11-22(12-14-23)25-17-10-20(5-2)18-19(25)3/h19-25H,4-18H2,1-3H3/t19-,20+,21?,22-,23-,24?,25-/m1/s1. The largest absolute Gasteiger partial charge is 0.462 e. The Morgan fingerprint density at radius 1 is 0.857 bits per heavy atom. The van der Waals surface area contributed by atoms with Gasteiger partial charge in [0.25, 0.3) is 0 Å². The molecule has 2 heteroatoms. The molecule has 0 unspecified atom stereocenters. The summed E-state index contributed by atoms with van der Waals surface area (Å²) in [5, 5.41) is 0. The average molecular weight is 391 g/mol. The van der Waals surface area contributed by atoms with Crippen LogP contribution in [0.1, 0.15) is 117 Å². The van der Waals surface area contributed by atoms with Crippen molar-refractivity contribution in [2.24, 2.45) is 35.5 Å². The first-order chi connectivity index (χ1) is 13.6. The maximum atomic E-state index is 12.7. The van der Waals surface area contributed by atoms with Crippen LogP contribution in [0.2, 0.25) is 0 Å². The number of rotatable bonds is 7. The topological polar surface area (TPSA) is 26.3 Å². The van der Waals surface area contributed by atoms with Gasteiger partial charge in [0.15, 0.2) is 0 Å². The molecule has 0 aromatic rings. The molecule has 0 heterocycles. The van der Waals surface area contributed by atoms with Gasteiger partial charge >= 0.3 is 5.97 Å². The Morgan fingerprint density at radius 3 is 2.14 bits per heavy atom. The van der Waals surface area contributed by atoms with Gasteiger partial charge in [-0.05, 0) is 93.8 Å². The predicted octanol–water partition coefficient (Wildman–Crippen LogP) is 7.55. The van der Waals surface area contributed by atoms with Crippen LogP contribution in [-0.2, 0) is 9.53 Å².